The summed E-state index contributed by atoms with van der Waals surface area (Å²) in [6, 6.07) is 25.5. The van der Waals surface area contributed by atoms with Gasteiger partial charge in [-0.1, -0.05) is 24.3 Å². The average Bonchev–Trinajstić information content (AvgIpc) is 2.84. The molecule has 1 aliphatic rings. The SMILES string of the molecule is C[C@@H]1CN(c2ccc(-n3ccc4c(-c5ccc(C#N)cc5)cccc4c3=O)cc2)C[C@H](C)O1. The van der Waals surface area contributed by atoms with E-state index < -0.39 is 0 Å². The number of nitriles is 1. The molecule has 0 unspecified atom stereocenters. The molecule has 1 saturated heterocycles. The lowest BCUT2D eigenvalue weighted by Gasteiger charge is -2.36. The van der Waals surface area contributed by atoms with Crippen LogP contribution in [0, 0.1) is 11.3 Å². The summed E-state index contributed by atoms with van der Waals surface area (Å²) in [7, 11) is 0. The molecule has 1 aromatic heterocycles. The summed E-state index contributed by atoms with van der Waals surface area (Å²) < 4.78 is 7.53. The summed E-state index contributed by atoms with van der Waals surface area (Å²) in [6.45, 7) is 5.91. The van der Waals surface area contributed by atoms with Crippen molar-refractivity contribution >= 4 is 16.5 Å². The van der Waals surface area contributed by atoms with E-state index in [4.69, 9.17) is 10.00 Å². The second-order valence-electron chi connectivity index (χ2n) is 8.63. The molecule has 164 valence electrons. The zero-order valence-corrected chi connectivity index (χ0v) is 18.7. The molecule has 2 heterocycles. The first-order chi connectivity index (χ1) is 16.0. The number of anilines is 1. The lowest BCUT2D eigenvalue weighted by atomic mass is 9.98. The fourth-order valence-corrected chi connectivity index (χ4v) is 4.67. The molecule has 2 atom stereocenters. The monoisotopic (exact) mass is 435 g/mol. The highest BCUT2D eigenvalue weighted by molar-refractivity contribution is 5.96. The number of hydrogen-bond donors (Lipinski definition) is 0. The summed E-state index contributed by atoms with van der Waals surface area (Å²) in [5.41, 5.74) is 4.50. The molecule has 33 heavy (non-hydrogen) atoms. The summed E-state index contributed by atoms with van der Waals surface area (Å²) in [6.07, 6.45) is 2.23. The van der Waals surface area contributed by atoms with Gasteiger partial charge in [0.1, 0.15) is 0 Å². The van der Waals surface area contributed by atoms with Gasteiger partial charge >= 0.3 is 0 Å². The number of nitrogens with zero attached hydrogens (tertiary/aromatic N) is 3. The highest BCUT2D eigenvalue weighted by Crippen LogP contribution is 2.28. The zero-order valence-electron chi connectivity index (χ0n) is 18.7. The van der Waals surface area contributed by atoms with Crippen molar-refractivity contribution in [3.8, 4) is 22.9 Å². The molecule has 0 radical (unpaired) electrons. The first-order valence-electron chi connectivity index (χ1n) is 11.2. The van der Waals surface area contributed by atoms with Gasteiger partial charge in [-0.2, -0.15) is 5.26 Å². The van der Waals surface area contributed by atoms with E-state index in [2.05, 4.69) is 36.9 Å². The normalized spacial score (nSPS) is 18.3. The quantitative estimate of drug-likeness (QED) is 0.447. The van der Waals surface area contributed by atoms with Crippen LogP contribution in [0.25, 0.3) is 27.6 Å². The molecule has 3 aromatic carbocycles. The number of fused-ring (bicyclic) bond motifs is 1. The number of rotatable bonds is 3. The number of morpholine rings is 1. The topological polar surface area (TPSA) is 58.3 Å². The van der Waals surface area contributed by atoms with E-state index in [1.165, 1.54) is 0 Å². The van der Waals surface area contributed by atoms with Crippen LogP contribution in [0.15, 0.2) is 83.8 Å². The van der Waals surface area contributed by atoms with Gasteiger partial charge in [-0.15, -0.1) is 0 Å². The Morgan fingerprint density at radius 1 is 0.848 bits per heavy atom. The minimum absolute atomic E-state index is 0.0515. The summed E-state index contributed by atoms with van der Waals surface area (Å²) >= 11 is 0. The van der Waals surface area contributed by atoms with Gasteiger partial charge in [0.05, 0.1) is 23.8 Å². The van der Waals surface area contributed by atoms with Crippen LogP contribution >= 0.6 is 0 Å². The Hall–Kier alpha value is -3.88. The third-order valence-electron chi connectivity index (χ3n) is 6.18. The van der Waals surface area contributed by atoms with Crippen LogP contribution in [0.4, 0.5) is 5.69 Å². The molecule has 5 nitrogen and oxygen atoms in total. The second-order valence-corrected chi connectivity index (χ2v) is 8.63. The first-order valence-corrected chi connectivity index (χ1v) is 11.2. The molecule has 1 aliphatic heterocycles. The van der Waals surface area contributed by atoms with Crippen LogP contribution < -0.4 is 10.5 Å². The molecule has 1 fully saturated rings. The van der Waals surface area contributed by atoms with Gasteiger partial charge in [-0.05, 0) is 78.9 Å². The van der Waals surface area contributed by atoms with E-state index in [-0.39, 0.29) is 17.8 Å². The molecule has 0 bridgehead atoms. The molecule has 5 rings (SSSR count). The summed E-state index contributed by atoms with van der Waals surface area (Å²) in [5, 5.41) is 10.6. The fourth-order valence-electron chi connectivity index (χ4n) is 4.67. The molecule has 0 amide bonds. The Morgan fingerprint density at radius 3 is 2.18 bits per heavy atom. The molecular formula is C28H25N3O2. The molecule has 5 heteroatoms. The predicted octanol–water partition coefficient (Wildman–Crippen LogP) is 5.14. The van der Waals surface area contributed by atoms with E-state index in [9.17, 15) is 4.79 Å². The van der Waals surface area contributed by atoms with Crippen molar-refractivity contribution in [3.63, 3.8) is 0 Å². The Kier molecular flexibility index (Phi) is 5.45. The minimum Gasteiger partial charge on any atom is -0.372 e. The smallest absolute Gasteiger partial charge is 0.262 e. The fraction of sp³-hybridized carbons (Fsp3) is 0.214. The van der Waals surface area contributed by atoms with Crippen LogP contribution in [0.3, 0.4) is 0 Å². The maximum absolute atomic E-state index is 13.4. The van der Waals surface area contributed by atoms with Gasteiger partial charge < -0.3 is 9.64 Å². The zero-order chi connectivity index (χ0) is 22.9. The second kappa shape index (κ2) is 8.57. The number of pyridine rings is 1. The third kappa shape index (κ3) is 4.02. The average molecular weight is 436 g/mol. The van der Waals surface area contributed by atoms with Crippen molar-refractivity contribution in [1.82, 2.24) is 4.57 Å². The van der Waals surface area contributed by atoms with Crippen molar-refractivity contribution < 1.29 is 4.74 Å². The number of ether oxygens (including phenoxy) is 1. The van der Waals surface area contributed by atoms with Crippen molar-refractivity contribution in [2.75, 3.05) is 18.0 Å². The van der Waals surface area contributed by atoms with Gasteiger partial charge in [0.15, 0.2) is 0 Å². The van der Waals surface area contributed by atoms with E-state index >= 15 is 0 Å². The summed E-state index contributed by atoms with van der Waals surface area (Å²) in [5.74, 6) is 0. The molecular weight excluding hydrogens is 410 g/mol. The van der Waals surface area contributed by atoms with E-state index in [0.717, 1.165) is 41.0 Å². The number of hydrogen-bond acceptors (Lipinski definition) is 4. The van der Waals surface area contributed by atoms with Crippen LogP contribution in [0.1, 0.15) is 19.4 Å². The van der Waals surface area contributed by atoms with Crippen LogP contribution in [0.5, 0.6) is 0 Å². The Morgan fingerprint density at radius 2 is 1.52 bits per heavy atom. The van der Waals surface area contributed by atoms with Crippen molar-refractivity contribution in [3.05, 3.63) is 94.9 Å². The maximum Gasteiger partial charge on any atom is 0.262 e. The van der Waals surface area contributed by atoms with Crippen LogP contribution in [-0.2, 0) is 4.74 Å². The van der Waals surface area contributed by atoms with Gasteiger partial charge in [0, 0.05) is 36.0 Å². The Balaban J connectivity index is 1.50. The molecule has 4 aromatic rings. The first kappa shape index (κ1) is 21.0. The van der Waals surface area contributed by atoms with Crippen LogP contribution in [0.2, 0.25) is 0 Å². The molecule has 0 N–H and O–H groups in total. The number of aromatic nitrogens is 1. The van der Waals surface area contributed by atoms with Gasteiger partial charge in [-0.25, -0.2) is 0 Å². The van der Waals surface area contributed by atoms with Crippen LogP contribution in [-0.4, -0.2) is 29.9 Å². The Bertz CT molecular complexity index is 1390. The maximum atomic E-state index is 13.4. The van der Waals surface area contributed by atoms with Crippen molar-refractivity contribution in [1.29, 1.82) is 5.26 Å². The van der Waals surface area contributed by atoms with E-state index in [0.29, 0.717) is 10.9 Å². The van der Waals surface area contributed by atoms with Crippen molar-refractivity contribution in [2.24, 2.45) is 0 Å². The Labute approximate surface area is 193 Å². The highest BCUT2D eigenvalue weighted by Gasteiger charge is 2.22. The van der Waals surface area contributed by atoms with Gasteiger partial charge in [0.25, 0.3) is 5.56 Å². The third-order valence-corrected chi connectivity index (χ3v) is 6.18. The molecule has 0 aliphatic carbocycles. The number of benzene rings is 3. The van der Waals surface area contributed by atoms with E-state index in [1.54, 1.807) is 16.7 Å². The largest absolute Gasteiger partial charge is 0.372 e. The van der Waals surface area contributed by atoms with Gasteiger partial charge in [-0.3, -0.25) is 9.36 Å². The lowest BCUT2D eigenvalue weighted by molar-refractivity contribution is -0.00521. The molecule has 0 spiro atoms. The predicted molar refractivity (Wildman–Crippen MR) is 132 cm³/mol. The lowest BCUT2D eigenvalue weighted by Crippen LogP contribution is -2.45. The highest BCUT2D eigenvalue weighted by atomic mass is 16.5. The standard InChI is InChI=1S/C28H25N3O2/c1-19-17-30(18-20(2)33-19)23-10-12-24(13-11-23)31-15-14-26-25(4-3-5-27(26)28(31)32)22-8-6-21(16-29)7-9-22/h3-15,19-20H,17-18H2,1-2H3/t19-,20+. The van der Waals surface area contributed by atoms with Crippen molar-refractivity contribution in [2.45, 2.75) is 26.1 Å². The molecule has 0 saturated carbocycles. The summed E-state index contributed by atoms with van der Waals surface area (Å²) in [4.78, 5) is 15.7. The minimum atomic E-state index is -0.0515. The van der Waals surface area contributed by atoms with Gasteiger partial charge in [0.2, 0.25) is 0 Å². The van der Waals surface area contributed by atoms with E-state index in [1.807, 2.05) is 54.7 Å².